The van der Waals surface area contributed by atoms with E-state index in [1.54, 1.807) is 0 Å². The second-order valence-electron chi connectivity index (χ2n) is 5.40. The lowest BCUT2D eigenvalue weighted by molar-refractivity contribution is -0.142. The molecule has 0 aromatic carbocycles. The molecule has 17 heavy (non-hydrogen) atoms. The Kier molecular flexibility index (Phi) is 5.66. The predicted molar refractivity (Wildman–Crippen MR) is 66.5 cm³/mol. The highest BCUT2D eigenvalue weighted by Crippen LogP contribution is 2.34. The number of Topliss-reactive ketones (excluding diaryl/α,β-unsaturated/α-hetero) is 1. The van der Waals surface area contributed by atoms with E-state index in [0.717, 1.165) is 37.5 Å². The normalized spacial score (nSPS) is 24.7. The molecule has 0 aliphatic heterocycles. The molecule has 1 aliphatic carbocycles. The van der Waals surface area contributed by atoms with Gasteiger partial charge in [0.25, 0.3) is 0 Å². The highest BCUT2D eigenvalue weighted by molar-refractivity contribution is 5.84. The SMILES string of the molecule is COC(=O)CCC(=O)C1CCC(C(C)C)CC1. The molecule has 0 bridgehead atoms. The summed E-state index contributed by atoms with van der Waals surface area (Å²) in [5, 5.41) is 0. The monoisotopic (exact) mass is 240 g/mol. The van der Waals surface area contributed by atoms with Gasteiger partial charge in [-0.15, -0.1) is 0 Å². The third-order valence-electron chi connectivity index (χ3n) is 3.97. The highest BCUT2D eigenvalue weighted by Gasteiger charge is 2.27. The van der Waals surface area contributed by atoms with E-state index in [2.05, 4.69) is 18.6 Å². The van der Waals surface area contributed by atoms with Gasteiger partial charge in [0.05, 0.1) is 13.5 Å². The van der Waals surface area contributed by atoms with E-state index in [0.29, 0.717) is 6.42 Å². The first-order valence-electron chi connectivity index (χ1n) is 6.64. The summed E-state index contributed by atoms with van der Waals surface area (Å²) in [6.45, 7) is 4.51. The van der Waals surface area contributed by atoms with Gasteiger partial charge >= 0.3 is 5.97 Å². The predicted octanol–water partition coefficient (Wildman–Crippen LogP) is 2.97. The van der Waals surface area contributed by atoms with Gasteiger partial charge in [0.2, 0.25) is 0 Å². The Hall–Kier alpha value is -0.860. The molecule has 0 N–H and O–H groups in total. The number of methoxy groups -OCH3 is 1. The van der Waals surface area contributed by atoms with E-state index < -0.39 is 0 Å². The van der Waals surface area contributed by atoms with Crippen LogP contribution in [0.3, 0.4) is 0 Å². The molecule has 3 nitrogen and oxygen atoms in total. The molecule has 0 aromatic rings. The van der Waals surface area contributed by atoms with Crippen LogP contribution in [0.1, 0.15) is 52.4 Å². The number of hydrogen-bond acceptors (Lipinski definition) is 3. The molecule has 0 radical (unpaired) electrons. The molecule has 0 heterocycles. The number of ether oxygens (including phenoxy) is 1. The molecule has 1 fully saturated rings. The van der Waals surface area contributed by atoms with E-state index in [4.69, 9.17) is 0 Å². The maximum Gasteiger partial charge on any atom is 0.305 e. The van der Waals surface area contributed by atoms with Gasteiger partial charge in [-0.1, -0.05) is 13.8 Å². The minimum atomic E-state index is -0.283. The zero-order valence-corrected chi connectivity index (χ0v) is 11.2. The molecular formula is C14H24O3. The number of ketones is 1. The van der Waals surface area contributed by atoms with E-state index >= 15 is 0 Å². The summed E-state index contributed by atoms with van der Waals surface area (Å²) in [6.07, 6.45) is 4.91. The fourth-order valence-corrected chi connectivity index (χ4v) is 2.64. The van der Waals surface area contributed by atoms with Gasteiger partial charge in [-0.2, -0.15) is 0 Å². The van der Waals surface area contributed by atoms with Crippen LogP contribution in [-0.4, -0.2) is 18.9 Å². The van der Waals surface area contributed by atoms with Crippen molar-refractivity contribution in [3.05, 3.63) is 0 Å². The van der Waals surface area contributed by atoms with Crippen molar-refractivity contribution < 1.29 is 14.3 Å². The van der Waals surface area contributed by atoms with Crippen molar-refractivity contribution in [2.75, 3.05) is 7.11 Å². The molecule has 0 atom stereocenters. The van der Waals surface area contributed by atoms with E-state index in [1.807, 2.05) is 0 Å². The Morgan fingerprint density at radius 3 is 2.18 bits per heavy atom. The summed E-state index contributed by atoms with van der Waals surface area (Å²) >= 11 is 0. The second kappa shape index (κ2) is 6.77. The maximum absolute atomic E-state index is 11.9. The molecular weight excluding hydrogens is 216 g/mol. The summed E-state index contributed by atoms with van der Waals surface area (Å²) in [4.78, 5) is 22.9. The van der Waals surface area contributed by atoms with Crippen LogP contribution in [0.25, 0.3) is 0 Å². The molecule has 1 aliphatic rings. The fraction of sp³-hybridized carbons (Fsp3) is 0.857. The van der Waals surface area contributed by atoms with Crippen LogP contribution in [-0.2, 0) is 14.3 Å². The molecule has 0 spiro atoms. The summed E-state index contributed by atoms with van der Waals surface area (Å²) in [5.74, 6) is 1.65. The van der Waals surface area contributed by atoms with Crippen LogP contribution < -0.4 is 0 Å². The first kappa shape index (κ1) is 14.2. The molecule has 0 amide bonds. The summed E-state index contributed by atoms with van der Waals surface area (Å²) in [7, 11) is 1.36. The standard InChI is InChI=1S/C14H24O3/c1-10(2)11-4-6-12(7-5-11)13(15)8-9-14(16)17-3/h10-12H,4-9H2,1-3H3. The third kappa shape index (κ3) is 4.49. The maximum atomic E-state index is 11.9. The minimum Gasteiger partial charge on any atom is -0.469 e. The smallest absolute Gasteiger partial charge is 0.305 e. The zero-order chi connectivity index (χ0) is 12.8. The molecule has 0 unspecified atom stereocenters. The topological polar surface area (TPSA) is 43.4 Å². The first-order valence-corrected chi connectivity index (χ1v) is 6.64. The Morgan fingerprint density at radius 1 is 1.12 bits per heavy atom. The molecule has 1 saturated carbocycles. The largest absolute Gasteiger partial charge is 0.469 e. The van der Waals surface area contributed by atoms with Crippen LogP contribution in [0, 0.1) is 17.8 Å². The Morgan fingerprint density at radius 2 is 1.71 bits per heavy atom. The number of carbonyl (C=O) groups is 2. The molecule has 3 heteroatoms. The Labute approximate surface area is 104 Å². The van der Waals surface area contributed by atoms with Gasteiger partial charge in [-0.25, -0.2) is 0 Å². The fourth-order valence-electron chi connectivity index (χ4n) is 2.64. The first-order chi connectivity index (χ1) is 8.04. The number of rotatable bonds is 5. The van der Waals surface area contributed by atoms with Gasteiger partial charge in [-0.05, 0) is 37.5 Å². The van der Waals surface area contributed by atoms with Crippen LogP contribution in [0.15, 0.2) is 0 Å². The lowest BCUT2D eigenvalue weighted by atomic mass is 9.75. The van der Waals surface area contributed by atoms with Gasteiger partial charge in [0, 0.05) is 12.3 Å². The van der Waals surface area contributed by atoms with E-state index in [9.17, 15) is 9.59 Å². The van der Waals surface area contributed by atoms with Crippen molar-refractivity contribution in [3.63, 3.8) is 0 Å². The molecule has 0 aromatic heterocycles. The lowest BCUT2D eigenvalue weighted by Gasteiger charge is -2.30. The quantitative estimate of drug-likeness (QED) is 0.694. The van der Waals surface area contributed by atoms with Crippen molar-refractivity contribution in [2.24, 2.45) is 17.8 Å². The summed E-state index contributed by atoms with van der Waals surface area (Å²) in [5.41, 5.74) is 0. The van der Waals surface area contributed by atoms with Gasteiger partial charge < -0.3 is 4.74 Å². The summed E-state index contributed by atoms with van der Waals surface area (Å²) < 4.78 is 4.55. The van der Waals surface area contributed by atoms with Crippen LogP contribution in [0.2, 0.25) is 0 Å². The van der Waals surface area contributed by atoms with Gasteiger partial charge in [-0.3, -0.25) is 9.59 Å². The highest BCUT2D eigenvalue weighted by atomic mass is 16.5. The van der Waals surface area contributed by atoms with E-state index in [-0.39, 0.29) is 24.1 Å². The average molecular weight is 240 g/mol. The molecule has 0 saturated heterocycles. The number of hydrogen-bond donors (Lipinski definition) is 0. The van der Waals surface area contributed by atoms with Crippen LogP contribution in [0.5, 0.6) is 0 Å². The van der Waals surface area contributed by atoms with E-state index in [1.165, 1.54) is 7.11 Å². The van der Waals surface area contributed by atoms with Crippen molar-refractivity contribution in [1.82, 2.24) is 0 Å². The third-order valence-corrected chi connectivity index (χ3v) is 3.97. The van der Waals surface area contributed by atoms with Crippen LogP contribution >= 0.6 is 0 Å². The van der Waals surface area contributed by atoms with Crippen molar-refractivity contribution in [1.29, 1.82) is 0 Å². The zero-order valence-electron chi connectivity index (χ0n) is 11.2. The van der Waals surface area contributed by atoms with Crippen molar-refractivity contribution in [3.8, 4) is 0 Å². The Bertz CT molecular complexity index is 263. The summed E-state index contributed by atoms with van der Waals surface area (Å²) in [6, 6.07) is 0. The van der Waals surface area contributed by atoms with Crippen LogP contribution in [0.4, 0.5) is 0 Å². The van der Waals surface area contributed by atoms with Gasteiger partial charge in [0.1, 0.15) is 5.78 Å². The Balaban J connectivity index is 2.28. The minimum absolute atomic E-state index is 0.189. The van der Waals surface area contributed by atoms with Crippen molar-refractivity contribution in [2.45, 2.75) is 52.4 Å². The second-order valence-corrected chi connectivity index (χ2v) is 5.40. The lowest BCUT2D eigenvalue weighted by Crippen LogP contribution is -2.24. The van der Waals surface area contributed by atoms with Crippen molar-refractivity contribution >= 4 is 11.8 Å². The average Bonchev–Trinajstić information content (AvgIpc) is 2.35. The van der Waals surface area contributed by atoms with Gasteiger partial charge in [0.15, 0.2) is 0 Å². The number of esters is 1. The molecule has 1 rings (SSSR count). The molecule has 98 valence electrons. The number of carbonyl (C=O) groups excluding carboxylic acids is 2.